The summed E-state index contributed by atoms with van der Waals surface area (Å²) in [6.45, 7) is 1.12. The van der Waals surface area contributed by atoms with Crippen molar-refractivity contribution in [3.05, 3.63) is 65.9 Å². The van der Waals surface area contributed by atoms with E-state index >= 15 is 0 Å². The normalized spacial score (nSPS) is 15.9. The quantitative estimate of drug-likeness (QED) is 0.310. The van der Waals surface area contributed by atoms with Crippen molar-refractivity contribution < 1.29 is 36.3 Å². The average molecular weight is 553 g/mol. The van der Waals surface area contributed by atoms with Crippen LogP contribution in [0.5, 0.6) is 5.75 Å². The molecule has 1 fully saturated rings. The van der Waals surface area contributed by atoms with Gasteiger partial charge in [0, 0.05) is 43.3 Å². The largest absolute Gasteiger partial charge is 0.489 e. The zero-order chi connectivity index (χ0) is 27.7. The van der Waals surface area contributed by atoms with E-state index in [0.29, 0.717) is 5.75 Å². The fourth-order valence-corrected chi connectivity index (χ4v) is 5.95. The summed E-state index contributed by atoms with van der Waals surface area (Å²) in [5, 5.41) is 10.1. The number of benzene rings is 2. The molecule has 2 heterocycles. The molecule has 4 rings (SSSR count). The standard InChI is InChI=1S/C25H27F3N4O5S/c1-17-13-18(21-5-3-4-6-22(21)29-17)14-37-19-7-9-20(10-8-19)38(35,36)31(2)24(23(33)30-34)15-32(16-24)12-11-25(26,27)28/h3-10,13,34H,11-12,14-16H2,1-2H3,(H,30,33). The predicted octanol–water partition coefficient (Wildman–Crippen LogP) is 3.25. The zero-order valence-electron chi connectivity index (χ0n) is 20.7. The number of hydrogen-bond acceptors (Lipinski definition) is 7. The van der Waals surface area contributed by atoms with E-state index < -0.39 is 40.6 Å². The molecule has 9 nitrogen and oxygen atoms in total. The molecule has 0 atom stereocenters. The van der Waals surface area contributed by atoms with Crippen LogP contribution in [0, 0.1) is 6.92 Å². The van der Waals surface area contributed by atoms with Crippen molar-refractivity contribution >= 4 is 26.8 Å². The van der Waals surface area contributed by atoms with E-state index in [1.54, 1.807) is 0 Å². The summed E-state index contributed by atoms with van der Waals surface area (Å²) in [4.78, 5) is 18.1. The summed E-state index contributed by atoms with van der Waals surface area (Å²) in [6, 6.07) is 15.2. The highest BCUT2D eigenvalue weighted by Crippen LogP contribution is 2.34. The smallest absolute Gasteiger partial charge is 0.390 e. The van der Waals surface area contributed by atoms with E-state index in [9.17, 15) is 31.6 Å². The van der Waals surface area contributed by atoms with Gasteiger partial charge < -0.3 is 4.74 Å². The number of ether oxygens (including phenoxy) is 1. The van der Waals surface area contributed by atoms with E-state index in [1.807, 2.05) is 37.3 Å². The molecule has 2 aromatic carbocycles. The zero-order valence-corrected chi connectivity index (χ0v) is 21.5. The fourth-order valence-electron chi connectivity index (χ4n) is 4.50. The van der Waals surface area contributed by atoms with Gasteiger partial charge >= 0.3 is 6.18 Å². The summed E-state index contributed by atoms with van der Waals surface area (Å²) in [5.41, 5.74) is 2.28. The number of amides is 1. The maximum atomic E-state index is 13.3. The predicted molar refractivity (Wildman–Crippen MR) is 132 cm³/mol. The Morgan fingerprint density at radius 1 is 1.18 bits per heavy atom. The number of nitrogens with one attached hydrogen (secondary N) is 1. The minimum atomic E-state index is -4.39. The molecule has 1 aromatic heterocycles. The Morgan fingerprint density at radius 2 is 1.84 bits per heavy atom. The molecule has 0 aliphatic carbocycles. The maximum absolute atomic E-state index is 13.3. The lowest BCUT2D eigenvalue weighted by molar-refractivity contribution is -0.156. The lowest BCUT2D eigenvalue weighted by atomic mass is 9.89. The van der Waals surface area contributed by atoms with Crippen molar-refractivity contribution in [2.75, 3.05) is 26.7 Å². The molecule has 1 aliphatic heterocycles. The van der Waals surface area contributed by atoms with Gasteiger partial charge in [0.05, 0.1) is 16.8 Å². The molecule has 204 valence electrons. The summed E-state index contributed by atoms with van der Waals surface area (Å²) in [6.07, 6.45) is -5.49. The number of aromatic nitrogens is 1. The van der Waals surface area contributed by atoms with Crippen LogP contribution >= 0.6 is 0 Å². The highest BCUT2D eigenvalue weighted by atomic mass is 32.2. The highest BCUT2D eigenvalue weighted by molar-refractivity contribution is 7.89. The summed E-state index contributed by atoms with van der Waals surface area (Å²) in [5.74, 6) is -0.610. The summed E-state index contributed by atoms with van der Waals surface area (Å²) >= 11 is 0. The molecule has 0 radical (unpaired) electrons. The summed E-state index contributed by atoms with van der Waals surface area (Å²) in [7, 11) is -3.09. The number of pyridine rings is 1. The number of carbonyl (C=O) groups excluding carboxylic acids is 1. The van der Waals surface area contributed by atoms with Crippen molar-refractivity contribution in [2.45, 2.75) is 36.6 Å². The Labute approximate surface area is 217 Å². The van der Waals surface area contributed by atoms with Crippen LogP contribution in [0.25, 0.3) is 10.9 Å². The number of aryl methyl sites for hydroxylation is 1. The van der Waals surface area contributed by atoms with Gasteiger partial charge in [-0.3, -0.25) is 19.9 Å². The van der Waals surface area contributed by atoms with Gasteiger partial charge in [0.1, 0.15) is 17.9 Å². The minimum Gasteiger partial charge on any atom is -0.489 e. The number of likely N-dealkylation sites (N-methyl/N-ethyl adjacent to an activating group) is 1. The molecule has 3 aromatic rings. The molecule has 1 aliphatic rings. The summed E-state index contributed by atoms with van der Waals surface area (Å²) < 4.78 is 71.0. The second kappa shape index (κ2) is 10.5. The maximum Gasteiger partial charge on any atom is 0.390 e. The van der Waals surface area contributed by atoms with E-state index in [-0.39, 0.29) is 24.6 Å². The van der Waals surface area contributed by atoms with E-state index in [0.717, 1.165) is 33.5 Å². The van der Waals surface area contributed by atoms with Crippen LogP contribution in [0.3, 0.4) is 0 Å². The minimum absolute atomic E-state index is 0.142. The van der Waals surface area contributed by atoms with Crippen molar-refractivity contribution in [1.29, 1.82) is 0 Å². The molecule has 0 unspecified atom stereocenters. The molecule has 1 saturated heterocycles. The number of halogens is 3. The molecule has 0 saturated carbocycles. The highest BCUT2D eigenvalue weighted by Gasteiger charge is 2.56. The number of carbonyl (C=O) groups is 1. The molecular weight excluding hydrogens is 525 g/mol. The Kier molecular flexibility index (Phi) is 7.66. The van der Waals surface area contributed by atoms with Crippen LogP contribution in [0.1, 0.15) is 17.7 Å². The van der Waals surface area contributed by atoms with Gasteiger partial charge in [-0.2, -0.15) is 17.5 Å². The average Bonchev–Trinajstić information content (AvgIpc) is 2.85. The molecular formula is C25H27F3N4O5S. The van der Waals surface area contributed by atoms with Gasteiger partial charge in [-0.05, 0) is 43.3 Å². The SMILES string of the molecule is Cc1cc(COc2ccc(S(=O)(=O)N(C)C3(C(=O)NO)CN(CCC(F)(F)F)C3)cc2)c2ccccc2n1. The van der Waals surface area contributed by atoms with Gasteiger partial charge in [0.2, 0.25) is 10.0 Å². The number of fused-ring (bicyclic) bond motifs is 1. The number of alkyl halides is 3. The van der Waals surface area contributed by atoms with Crippen molar-refractivity contribution in [1.82, 2.24) is 19.7 Å². The van der Waals surface area contributed by atoms with Crippen LogP contribution in [-0.4, -0.2) is 72.1 Å². The fraction of sp³-hybridized carbons (Fsp3) is 0.360. The van der Waals surface area contributed by atoms with Gasteiger partial charge in [0.25, 0.3) is 5.91 Å². The molecule has 0 bridgehead atoms. The lowest BCUT2D eigenvalue weighted by Gasteiger charge is -2.52. The molecule has 38 heavy (non-hydrogen) atoms. The van der Waals surface area contributed by atoms with Crippen molar-refractivity contribution in [3.63, 3.8) is 0 Å². The second-order valence-corrected chi connectivity index (χ2v) is 11.2. The van der Waals surface area contributed by atoms with Crippen LogP contribution < -0.4 is 10.2 Å². The number of para-hydroxylation sites is 1. The van der Waals surface area contributed by atoms with Gasteiger partial charge in [-0.25, -0.2) is 13.9 Å². The van der Waals surface area contributed by atoms with Crippen LogP contribution in [-0.2, 0) is 21.4 Å². The Balaban J connectivity index is 1.47. The molecule has 1 amide bonds. The third-order valence-electron chi connectivity index (χ3n) is 6.62. The Hall–Kier alpha value is -3.26. The number of nitrogens with zero attached hydrogens (tertiary/aromatic N) is 3. The first-order chi connectivity index (χ1) is 17.9. The second-order valence-electron chi connectivity index (χ2n) is 9.22. The first-order valence-electron chi connectivity index (χ1n) is 11.7. The number of rotatable bonds is 9. The van der Waals surface area contributed by atoms with Crippen LogP contribution in [0.4, 0.5) is 13.2 Å². The first-order valence-corrected chi connectivity index (χ1v) is 13.1. The number of hydrogen-bond donors (Lipinski definition) is 2. The van der Waals surface area contributed by atoms with E-state index in [2.05, 4.69) is 4.98 Å². The van der Waals surface area contributed by atoms with Crippen LogP contribution in [0.15, 0.2) is 59.5 Å². The molecule has 2 N–H and O–H groups in total. The van der Waals surface area contributed by atoms with Crippen molar-refractivity contribution in [2.24, 2.45) is 0 Å². The monoisotopic (exact) mass is 552 g/mol. The van der Waals surface area contributed by atoms with Crippen molar-refractivity contribution in [3.8, 4) is 5.75 Å². The lowest BCUT2D eigenvalue weighted by Crippen LogP contribution is -2.76. The number of likely N-dealkylation sites (tertiary alicyclic amines) is 1. The molecule has 13 heteroatoms. The van der Waals surface area contributed by atoms with E-state index in [1.165, 1.54) is 34.6 Å². The first kappa shape index (κ1) is 27.8. The Bertz CT molecular complexity index is 1430. The topological polar surface area (TPSA) is 112 Å². The Morgan fingerprint density at radius 3 is 2.47 bits per heavy atom. The van der Waals surface area contributed by atoms with Gasteiger partial charge in [0.15, 0.2) is 0 Å². The number of hydroxylamine groups is 1. The van der Waals surface area contributed by atoms with Gasteiger partial charge in [-0.1, -0.05) is 18.2 Å². The third kappa shape index (κ3) is 5.60. The third-order valence-corrected chi connectivity index (χ3v) is 8.55. The van der Waals surface area contributed by atoms with Crippen LogP contribution in [0.2, 0.25) is 0 Å². The number of sulfonamides is 1. The van der Waals surface area contributed by atoms with E-state index in [4.69, 9.17) is 4.74 Å². The molecule has 0 spiro atoms. The van der Waals surface area contributed by atoms with Gasteiger partial charge in [-0.15, -0.1) is 0 Å².